The zero-order valence-electron chi connectivity index (χ0n) is 10.7. The first-order chi connectivity index (χ1) is 9.26. The molecule has 0 saturated heterocycles. The van der Waals surface area contributed by atoms with Crippen LogP contribution >= 0.6 is 27.7 Å². The minimum absolute atomic E-state index is 0.586. The van der Waals surface area contributed by atoms with Gasteiger partial charge in [0.1, 0.15) is 0 Å². The van der Waals surface area contributed by atoms with Crippen LogP contribution < -0.4 is 5.73 Å². The standard InChI is InChI=1S/C16H16BrNS/c17-15-8-11(10-18)4-7-16(15)19-14-6-5-12-2-1-3-13(12)9-14/h4-9H,1-3,10,18H2. The summed E-state index contributed by atoms with van der Waals surface area (Å²) < 4.78 is 1.13. The van der Waals surface area contributed by atoms with Crippen molar-refractivity contribution in [2.24, 2.45) is 5.73 Å². The first-order valence-electron chi connectivity index (χ1n) is 6.54. The van der Waals surface area contributed by atoms with Crippen LogP contribution in [0.25, 0.3) is 0 Å². The lowest BCUT2D eigenvalue weighted by Gasteiger charge is -2.08. The van der Waals surface area contributed by atoms with E-state index in [1.807, 2.05) is 11.8 Å². The molecule has 0 saturated carbocycles. The molecule has 0 spiro atoms. The lowest BCUT2D eigenvalue weighted by atomic mass is 10.1. The summed E-state index contributed by atoms with van der Waals surface area (Å²) in [5.74, 6) is 0. The van der Waals surface area contributed by atoms with Gasteiger partial charge in [-0.2, -0.15) is 0 Å². The largest absolute Gasteiger partial charge is 0.326 e. The predicted octanol–water partition coefficient (Wildman–Crippen LogP) is 4.55. The molecule has 98 valence electrons. The summed E-state index contributed by atoms with van der Waals surface area (Å²) in [7, 11) is 0. The van der Waals surface area contributed by atoms with Gasteiger partial charge in [0.2, 0.25) is 0 Å². The average Bonchev–Trinajstić information content (AvgIpc) is 2.88. The number of halogens is 1. The van der Waals surface area contributed by atoms with Crippen molar-refractivity contribution in [3.63, 3.8) is 0 Å². The quantitative estimate of drug-likeness (QED) is 0.891. The Morgan fingerprint density at radius 1 is 1.05 bits per heavy atom. The fraction of sp³-hybridized carbons (Fsp3) is 0.250. The van der Waals surface area contributed by atoms with Gasteiger partial charge in [0.25, 0.3) is 0 Å². The summed E-state index contributed by atoms with van der Waals surface area (Å²) in [6, 6.07) is 13.2. The number of nitrogens with two attached hydrogens (primary N) is 1. The number of fused-ring (bicyclic) bond motifs is 1. The average molecular weight is 334 g/mol. The van der Waals surface area contributed by atoms with Crippen LogP contribution in [0, 0.1) is 0 Å². The Morgan fingerprint density at radius 2 is 1.89 bits per heavy atom. The summed E-state index contributed by atoms with van der Waals surface area (Å²) in [6.07, 6.45) is 3.78. The molecule has 2 aromatic rings. The molecule has 2 N–H and O–H groups in total. The molecule has 0 radical (unpaired) electrons. The van der Waals surface area contributed by atoms with E-state index in [0.29, 0.717) is 6.54 Å². The Morgan fingerprint density at radius 3 is 2.68 bits per heavy atom. The summed E-state index contributed by atoms with van der Waals surface area (Å²) in [6.45, 7) is 0.586. The summed E-state index contributed by atoms with van der Waals surface area (Å²) in [5, 5.41) is 0. The van der Waals surface area contributed by atoms with Crippen molar-refractivity contribution in [1.82, 2.24) is 0 Å². The maximum absolute atomic E-state index is 5.66. The molecule has 1 aliphatic rings. The lowest BCUT2D eigenvalue weighted by Crippen LogP contribution is -1.95. The smallest absolute Gasteiger partial charge is 0.0318 e. The molecule has 0 aromatic heterocycles. The van der Waals surface area contributed by atoms with Crippen LogP contribution in [0.4, 0.5) is 0 Å². The molecule has 0 atom stereocenters. The van der Waals surface area contributed by atoms with Gasteiger partial charge >= 0.3 is 0 Å². The van der Waals surface area contributed by atoms with Gasteiger partial charge in [-0.05, 0) is 76.1 Å². The maximum Gasteiger partial charge on any atom is 0.0318 e. The van der Waals surface area contributed by atoms with Crippen LogP contribution in [-0.4, -0.2) is 0 Å². The van der Waals surface area contributed by atoms with Crippen LogP contribution in [0.1, 0.15) is 23.1 Å². The molecule has 1 aliphatic carbocycles. The van der Waals surface area contributed by atoms with Crippen LogP contribution in [-0.2, 0) is 19.4 Å². The van der Waals surface area contributed by atoms with Gasteiger partial charge in [-0.3, -0.25) is 0 Å². The molecule has 0 aliphatic heterocycles. The van der Waals surface area contributed by atoms with Gasteiger partial charge in [0.15, 0.2) is 0 Å². The Labute approximate surface area is 126 Å². The van der Waals surface area contributed by atoms with Gasteiger partial charge in [-0.25, -0.2) is 0 Å². The zero-order valence-corrected chi connectivity index (χ0v) is 13.1. The van der Waals surface area contributed by atoms with Crippen molar-refractivity contribution in [2.75, 3.05) is 0 Å². The van der Waals surface area contributed by atoms with Gasteiger partial charge < -0.3 is 5.73 Å². The molecule has 0 amide bonds. The van der Waals surface area contributed by atoms with E-state index in [0.717, 1.165) is 10.0 Å². The highest BCUT2D eigenvalue weighted by molar-refractivity contribution is 9.10. The van der Waals surface area contributed by atoms with Crippen LogP contribution in [0.3, 0.4) is 0 Å². The van der Waals surface area contributed by atoms with E-state index >= 15 is 0 Å². The SMILES string of the molecule is NCc1ccc(Sc2ccc3c(c2)CCC3)c(Br)c1. The van der Waals surface area contributed by atoms with E-state index in [9.17, 15) is 0 Å². The fourth-order valence-corrected chi connectivity index (χ4v) is 4.05. The predicted molar refractivity (Wildman–Crippen MR) is 84.6 cm³/mol. The molecule has 0 fully saturated rings. The first-order valence-corrected chi connectivity index (χ1v) is 8.15. The minimum atomic E-state index is 0.586. The third kappa shape index (κ3) is 2.88. The van der Waals surface area contributed by atoms with Crippen LogP contribution in [0.5, 0.6) is 0 Å². The number of benzene rings is 2. The van der Waals surface area contributed by atoms with Gasteiger partial charge in [0.05, 0.1) is 0 Å². The Balaban J connectivity index is 1.85. The van der Waals surface area contributed by atoms with Crippen molar-refractivity contribution in [1.29, 1.82) is 0 Å². The molecule has 1 nitrogen and oxygen atoms in total. The van der Waals surface area contributed by atoms with E-state index < -0.39 is 0 Å². The van der Waals surface area contributed by atoms with E-state index in [1.54, 1.807) is 0 Å². The molecule has 0 heterocycles. The highest BCUT2D eigenvalue weighted by Gasteiger charge is 2.11. The van der Waals surface area contributed by atoms with Crippen molar-refractivity contribution in [3.05, 3.63) is 57.6 Å². The second-order valence-electron chi connectivity index (χ2n) is 4.86. The topological polar surface area (TPSA) is 26.0 Å². The maximum atomic E-state index is 5.66. The monoisotopic (exact) mass is 333 g/mol. The summed E-state index contributed by atoms with van der Waals surface area (Å²) in [5.41, 5.74) is 9.87. The highest BCUT2D eigenvalue weighted by atomic mass is 79.9. The Bertz CT molecular complexity index is 610. The minimum Gasteiger partial charge on any atom is -0.326 e. The fourth-order valence-electron chi connectivity index (χ4n) is 2.49. The van der Waals surface area contributed by atoms with Crippen molar-refractivity contribution in [3.8, 4) is 0 Å². The van der Waals surface area contributed by atoms with Crippen molar-refractivity contribution in [2.45, 2.75) is 35.6 Å². The molecule has 2 aromatic carbocycles. The number of rotatable bonds is 3. The highest BCUT2D eigenvalue weighted by Crippen LogP contribution is 2.36. The van der Waals surface area contributed by atoms with Gasteiger partial charge in [-0.15, -0.1) is 0 Å². The van der Waals surface area contributed by atoms with Crippen molar-refractivity contribution >= 4 is 27.7 Å². The summed E-state index contributed by atoms with van der Waals surface area (Å²) in [4.78, 5) is 2.57. The van der Waals surface area contributed by atoms with E-state index in [-0.39, 0.29) is 0 Å². The zero-order chi connectivity index (χ0) is 13.2. The van der Waals surface area contributed by atoms with Crippen molar-refractivity contribution < 1.29 is 0 Å². The van der Waals surface area contributed by atoms with Gasteiger partial charge in [-0.1, -0.05) is 23.9 Å². The molecule has 19 heavy (non-hydrogen) atoms. The Hall–Kier alpha value is -0.770. The molecular formula is C16H16BrNS. The lowest BCUT2D eigenvalue weighted by molar-refractivity contribution is 0.911. The van der Waals surface area contributed by atoms with E-state index in [1.165, 1.54) is 40.2 Å². The summed E-state index contributed by atoms with van der Waals surface area (Å²) >= 11 is 5.44. The number of aryl methyl sites for hydroxylation is 2. The first kappa shape index (κ1) is 13.2. The third-order valence-corrected chi connectivity index (χ3v) is 5.51. The van der Waals surface area contributed by atoms with Gasteiger partial charge in [0, 0.05) is 20.8 Å². The molecule has 0 bridgehead atoms. The second-order valence-corrected chi connectivity index (χ2v) is 6.82. The molecule has 0 unspecified atom stereocenters. The van der Waals surface area contributed by atoms with E-state index in [2.05, 4.69) is 52.3 Å². The van der Waals surface area contributed by atoms with E-state index in [4.69, 9.17) is 5.73 Å². The molecule has 3 heteroatoms. The Kier molecular flexibility index (Phi) is 3.96. The normalized spacial score (nSPS) is 13.6. The van der Waals surface area contributed by atoms with Crippen LogP contribution in [0.15, 0.2) is 50.7 Å². The third-order valence-electron chi connectivity index (χ3n) is 3.53. The molecular weight excluding hydrogens is 318 g/mol. The number of hydrogen-bond acceptors (Lipinski definition) is 2. The van der Waals surface area contributed by atoms with Crippen LogP contribution in [0.2, 0.25) is 0 Å². The molecule has 3 rings (SSSR count). The second kappa shape index (κ2) is 5.70. The number of hydrogen-bond donors (Lipinski definition) is 1.